The smallest absolute Gasteiger partial charge is 0.262 e. The van der Waals surface area contributed by atoms with Crippen LogP contribution < -0.4 is 15.4 Å². The third-order valence-corrected chi connectivity index (χ3v) is 4.64. The monoisotopic (exact) mass is 382 g/mol. The Balaban J connectivity index is 1.55. The van der Waals surface area contributed by atoms with Gasteiger partial charge >= 0.3 is 0 Å². The standard InChI is InChI=1S/C22H26N2O4/c1-2-16-7-5-8-17(13-16)28-15-21(25)24-20-11-4-3-10-19(20)22(26)23-14-18-9-6-12-27-18/h3-5,7-8,10-11,13,18H,2,6,9,12,14-15H2,1H3,(H,23,26)(H,24,25). The highest BCUT2D eigenvalue weighted by molar-refractivity contribution is 6.04. The Morgan fingerprint density at radius 3 is 2.82 bits per heavy atom. The number of ether oxygens (including phenoxy) is 2. The minimum atomic E-state index is -0.318. The molecule has 1 unspecified atom stereocenters. The minimum absolute atomic E-state index is 0.0676. The molecule has 3 rings (SSSR count). The molecular weight excluding hydrogens is 356 g/mol. The van der Waals surface area contributed by atoms with Gasteiger partial charge in [0.25, 0.3) is 11.8 Å². The van der Waals surface area contributed by atoms with E-state index in [0.29, 0.717) is 23.5 Å². The van der Waals surface area contributed by atoms with Crippen LogP contribution in [-0.4, -0.2) is 37.7 Å². The fourth-order valence-corrected chi connectivity index (χ4v) is 3.09. The summed E-state index contributed by atoms with van der Waals surface area (Å²) < 4.78 is 11.1. The summed E-state index contributed by atoms with van der Waals surface area (Å²) >= 11 is 0. The second-order valence-electron chi connectivity index (χ2n) is 6.73. The van der Waals surface area contributed by atoms with E-state index in [1.165, 1.54) is 0 Å². The zero-order valence-corrected chi connectivity index (χ0v) is 16.1. The summed E-state index contributed by atoms with van der Waals surface area (Å²) in [6, 6.07) is 14.6. The Morgan fingerprint density at radius 2 is 2.04 bits per heavy atom. The quantitative estimate of drug-likeness (QED) is 0.735. The van der Waals surface area contributed by atoms with Gasteiger partial charge in [0, 0.05) is 13.2 Å². The largest absolute Gasteiger partial charge is 0.484 e. The Hall–Kier alpha value is -2.86. The van der Waals surface area contributed by atoms with Crippen LogP contribution in [0.2, 0.25) is 0 Å². The lowest BCUT2D eigenvalue weighted by Gasteiger charge is -2.14. The van der Waals surface area contributed by atoms with Crippen molar-refractivity contribution in [3.05, 3.63) is 59.7 Å². The van der Waals surface area contributed by atoms with Crippen LogP contribution in [0.3, 0.4) is 0 Å². The van der Waals surface area contributed by atoms with Gasteiger partial charge in [0.05, 0.1) is 17.4 Å². The number of carbonyl (C=O) groups is 2. The highest BCUT2D eigenvalue weighted by atomic mass is 16.5. The van der Waals surface area contributed by atoms with E-state index in [4.69, 9.17) is 9.47 Å². The highest BCUT2D eigenvalue weighted by Crippen LogP contribution is 2.17. The third-order valence-electron chi connectivity index (χ3n) is 4.64. The first-order chi connectivity index (χ1) is 13.7. The lowest BCUT2D eigenvalue weighted by Crippen LogP contribution is -2.32. The number of carbonyl (C=O) groups excluding carboxylic acids is 2. The molecule has 148 valence electrons. The van der Waals surface area contributed by atoms with Crippen LogP contribution in [0.1, 0.15) is 35.7 Å². The Bertz CT molecular complexity index is 816. The van der Waals surface area contributed by atoms with Crippen molar-refractivity contribution in [2.75, 3.05) is 25.1 Å². The number of nitrogens with one attached hydrogen (secondary N) is 2. The second kappa shape index (κ2) is 9.90. The molecule has 0 spiro atoms. The lowest BCUT2D eigenvalue weighted by molar-refractivity contribution is -0.118. The van der Waals surface area contributed by atoms with Gasteiger partial charge < -0.3 is 20.1 Å². The van der Waals surface area contributed by atoms with Gasteiger partial charge in [-0.25, -0.2) is 0 Å². The number of rotatable bonds is 8. The molecule has 1 saturated heterocycles. The zero-order valence-electron chi connectivity index (χ0n) is 16.1. The van der Waals surface area contributed by atoms with Gasteiger partial charge in [-0.05, 0) is 49.1 Å². The van der Waals surface area contributed by atoms with Crippen LogP contribution in [0.25, 0.3) is 0 Å². The summed E-state index contributed by atoms with van der Waals surface area (Å²) in [5, 5.41) is 5.64. The number of hydrogen-bond donors (Lipinski definition) is 2. The summed E-state index contributed by atoms with van der Waals surface area (Å²) in [6.07, 6.45) is 2.94. The molecule has 0 aromatic heterocycles. The second-order valence-corrected chi connectivity index (χ2v) is 6.73. The van der Waals surface area contributed by atoms with E-state index in [1.807, 2.05) is 24.3 Å². The summed E-state index contributed by atoms with van der Waals surface area (Å²) in [5.41, 5.74) is 2.02. The number of para-hydroxylation sites is 1. The van der Waals surface area contributed by atoms with Crippen LogP contribution in [0, 0.1) is 0 Å². The van der Waals surface area contributed by atoms with E-state index in [1.54, 1.807) is 24.3 Å². The zero-order chi connectivity index (χ0) is 19.8. The molecule has 6 nitrogen and oxygen atoms in total. The van der Waals surface area contributed by atoms with Gasteiger partial charge in [-0.2, -0.15) is 0 Å². The number of hydrogen-bond acceptors (Lipinski definition) is 4. The average Bonchev–Trinajstić information content (AvgIpc) is 3.25. The fourth-order valence-electron chi connectivity index (χ4n) is 3.09. The summed E-state index contributed by atoms with van der Waals surface area (Å²) in [6.45, 7) is 3.15. The molecule has 6 heteroatoms. The molecule has 2 aromatic rings. The molecular formula is C22H26N2O4. The van der Waals surface area contributed by atoms with Gasteiger partial charge in [0.15, 0.2) is 6.61 Å². The maximum Gasteiger partial charge on any atom is 0.262 e. The average molecular weight is 382 g/mol. The van der Waals surface area contributed by atoms with Gasteiger partial charge in [-0.15, -0.1) is 0 Å². The van der Waals surface area contributed by atoms with Gasteiger partial charge in [0.2, 0.25) is 0 Å². The van der Waals surface area contributed by atoms with E-state index in [-0.39, 0.29) is 24.5 Å². The van der Waals surface area contributed by atoms with Crippen LogP contribution >= 0.6 is 0 Å². The van der Waals surface area contributed by atoms with Crippen molar-refractivity contribution in [2.45, 2.75) is 32.3 Å². The van der Waals surface area contributed by atoms with E-state index in [2.05, 4.69) is 17.6 Å². The van der Waals surface area contributed by atoms with Gasteiger partial charge in [-0.1, -0.05) is 31.2 Å². The van der Waals surface area contributed by atoms with Crippen LogP contribution in [-0.2, 0) is 16.0 Å². The van der Waals surface area contributed by atoms with E-state index in [9.17, 15) is 9.59 Å². The van der Waals surface area contributed by atoms with Crippen LogP contribution in [0.4, 0.5) is 5.69 Å². The molecule has 0 aliphatic carbocycles. The van der Waals surface area contributed by atoms with E-state index in [0.717, 1.165) is 31.4 Å². The maximum absolute atomic E-state index is 12.5. The fraction of sp³-hybridized carbons (Fsp3) is 0.364. The molecule has 1 aliphatic heterocycles. The van der Waals surface area contributed by atoms with Crippen molar-refractivity contribution in [2.24, 2.45) is 0 Å². The van der Waals surface area contributed by atoms with Crippen LogP contribution in [0.5, 0.6) is 5.75 Å². The summed E-state index contributed by atoms with van der Waals surface area (Å²) in [5.74, 6) is 0.0985. The maximum atomic E-state index is 12.5. The van der Waals surface area contributed by atoms with Gasteiger partial charge in [0.1, 0.15) is 5.75 Å². The lowest BCUT2D eigenvalue weighted by atomic mass is 10.1. The van der Waals surface area contributed by atoms with Crippen molar-refractivity contribution in [3.63, 3.8) is 0 Å². The molecule has 0 saturated carbocycles. The Kier molecular flexibility index (Phi) is 7.03. The van der Waals surface area contributed by atoms with Crippen molar-refractivity contribution in [1.82, 2.24) is 5.32 Å². The highest BCUT2D eigenvalue weighted by Gasteiger charge is 2.18. The molecule has 28 heavy (non-hydrogen) atoms. The SMILES string of the molecule is CCc1cccc(OCC(=O)Nc2ccccc2C(=O)NCC2CCCO2)c1. The molecule has 1 heterocycles. The number of benzene rings is 2. The normalized spacial score (nSPS) is 15.8. The molecule has 0 radical (unpaired) electrons. The Morgan fingerprint density at radius 1 is 1.18 bits per heavy atom. The predicted molar refractivity (Wildman–Crippen MR) is 108 cm³/mol. The summed E-state index contributed by atoms with van der Waals surface area (Å²) in [4.78, 5) is 24.8. The molecule has 1 aliphatic rings. The molecule has 1 fully saturated rings. The van der Waals surface area contributed by atoms with E-state index < -0.39 is 0 Å². The molecule has 1 atom stereocenters. The van der Waals surface area contributed by atoms with Crippen molar-refractivity contribution in [3.8, 4) is 5.75 Å². The molecule has 2 aromatic carbocycles. The number of anilines is 1. The number of aryl methyl sites for hydroxylation is 1. The number of amides is 2. The Labute approximate surface area is 165 Å². The first-order valence-electron chi connectivity index (χ1n) is 9.66. The topological polar surface area (TPSA) is 76.7 Å². The summed E-state index contributed by atoms with van der Waals surface area (Å²) in [7, 11) is 0. The first-order valence-corrected chi connectivity index (χ1v) is 9.66. The molecule has 0 bridgehead atoms. The first kappa shape index (κ1) is 19.9. The third kappa shape index (κ3) is 5.57. The van der Waals surface area contributed by atoms with Gasteiger partial charge in [-0.3, -0.25) is 9.59 Å². The van der Waals surface area contributed by atoms with E-state index >= 15 is 0 Å². The molecule has 2 N–H and O–H groups in total. The molecule has 2 amide bonds. The predicted octanol–water partition coefficient (Wildman–Crippen LogP) is 3.18. The minimum Gasteiger partial charge on any atom is -0.484 e. The van der Waals surface area contributed by atoms with Crippen LogP contribution in [0.15, 0.2) is 48.5 Å². The van der Waals surface area contributed by atoms with Crippen molar-refractivity contribution in [1.29, 1.82) is 0 Å². The van der Waals surface area contributed by atoms with Crippen molar-refractivity contribution >= 4 is 17.5 Å². The van der Waals surface area contributed by atoms with Crippen molar-refractivity contribution < 1.29 is 19.1 Å².